The summed E-state index contributed by atoms with van der Waals surface area (Å²) in [5.74, 6) is 1.00. The summed E-state index contributed by atoms with van der Waals surface area (Å²) in [5, 5.41) is 1.98. The topological polar surface area (TPSA) is 63.2 Å². The molecule has 1 aromatic carbocycles. The summed E-state index contributed by atoms with van der Waals surface area (Å²) >= 11 is 0. The number of imide groups is 1. The summed E-state index contributed by atoms with van der Waals surface area (Å²) in [5.41, 5.74) is 0.624. The summed E-state index contributed by atoms with van der Waals surface area (Å²) in [6, 6.07) is 6.86. The van der Waals surface area contributed by atoms with E-state index in [1.54, 1.807) is 24.3 Å². The van der Waals surface area contributed by atoms with Gasteiger partial charge in [0.05, 0.1) is 25.3 Å². The van der Waals surface area contributed by atoms with Crippen molar-refractivity contribution in [1.82, 2.24) is 0 Å². The molecule has 0 saturated carbocycles. The van der Waals surface area contributed by atoms with E-state index in [0.29, 0.717) is 18.2 Å². The fourth-order valence-corrected chi connectivity index (χ4v) is 2.46. The highest BCUT2D eigenvalue weighted by Gasteiger charge is 2.42. The Morgan fingerprint density at radius 2 is 1.95 bits per heavy atom. The highest BCUT2D eigenvalue weighted by atomic mass is 16.5. The van der Waals surface area contributed by atoms with Crippen LogP contribution in [0.3, 0.4) is 0 Å². The van der Waals surface area contributed by atoms with Crippen LogP contribution in [-0.4, -0.2) is 31.0 Å². The highest BCUT2D eigenvalue weighted by molar-refractivity contribution is 6.21. The summed E-state index contributed by atoms with van der Waals surface area (Å²) in [7, 11) is 0. The van der Waals surface area contributed by atoms with Gasteiger partial charge in [-0.2, -0.15) is 0 Å². The van der Waals surface area contributed by atoms with Crippen LogP contribution in [-0.2, 0) is 9.59 Å². The summed E-state index contributed by atoms with van der Waals surface area (Å²) in [6.07, 6.45) is 1.22. The first-order chi connectivity index (χ1) is 10.5. The lowest BCUT2D eigenvalue weighted by atomic mass is 10.2. The van der Waals surface area contributed by atoms with E-state index in [9.17, 15) is 9.59 Å². The second-order valence-electron chi connectivity index (χ2n) is 6.09. The maximum absolute atomic E-state index is 12.4. The Morgan fingerprint density at radius 1 is 1.27 bits per heavy atom. The zero-order chi connectivity index (χ0) is 16.1. The number of benzene rings is 1. The van der Waals surface area contributed by atoms with Gasteiger partial charge in [0, 0.05) is 5.92 Å². The molecular formula is C17H25N2O3+. The third kappa shape index (κ3) is 3.85. The molecule has 1 aromatic rings. The van der Waals surface area contributed by atoms with Gasteiger partial charge >= 0.3 is 0 Å². The monoisotopic (exact) mass is 305 g/mol. The van der Waals surface area contributed by atoms with Crippen molar-refractivity contribution in [3.63, 3.8) is 0 Å². The molecule has 1 fully saturated rings. The Morgan fingerprint density at radius 3 is 2.55 bits per heavy atom. The van der Waals surface area contributed by atoms with E-state index in [4.69, 9.17) is 4.74 Å². The fourth-order valence-electron chi connectivity index (χ4n) is 2.46. The van der Waals surface area contributed by atoms with E-state index >= 15 is 0 Å². The molecule has 0 unspecified atom stereocenters. The Balaban J connectivity index is 2.05. The van der Waals surface area contributed by atoms with Crippen LogP contribution < -0.4 is 15.0 Å². The molecule has 120 valence electrons. The number of hydrogen-bond donors (Lipinski definition) is 1. The second-order valence-corrected chi connectivity index (χ2v) is 6.09. The van der Waals surface area contributed by atoms with Crippen molar-refractivity contribution in [2.75, 3.05) is 18.1 Å². The minimum atomic E-state index is -0.286. The highest BCUT2D eigenvalue weighted by Crippen LogP contribution is 2.24. The Hall–Kier alpha value is -1.88. The van der Waals surface area contributed by atoms with Crippen LogP contribution in [0.1, 0.15) is 33.6 Å². The van der Waals surface area contributed by atoms with Crippen molar-refractivity contribution < 1.29 is 19.6 Å². The molecule has 0 aromatic heterocycles. The molecule has 2 amide bonds. The first-order valence-electron chi connectivity index (χ1n) is 7.96. The largest absolute Gasteiger partial charge is 0.494 e. The second kappa shape index (κ2) is 7.40. The molecule has 2 rings (SSSR count). The molecule has 2 N–H and O–H groups in total. The smallest absolute Gasteiger partial charge is 0.292 e. The molecule has 5 nitrogen and oxygen atoms in total. The quantitative estimate of drug-likeness (QED) is 0.773. The summed E-state index contributed by atoms with van der Waals surface area (Å²) in [4.78, 5) is 25.9. The lowest BCUT2D eigenvalue weighted by Gasteiger charge is -2.15. The fraction of sp³-hybridized carbons (Fsp3) is 0.529. The third-order valence-electron chi connectivity index (χ3n) is 3.64. The van der Waals surface area contributed by atoms with Crippen molar-refractivity contribution in [2.45, 2.75) is 39.7 Å². The van der Waals surface area contributed by atoms with Gasteiger partial charge < -0.3 is 10.1 Å². The number of rotatable bonds is 7. The Kier molecular flexibility index (Phi) is 5.55. The summed E-state index contributed by atoms with van der Waals surface area (Å²) < 4.78 is 5.52. The zero-order valence-corrected chi connectivity index (χ0v) is 13.5. The van der Waals surface area contributed by atoms with E-state index in [2.05, 4.69) is 13.8 Å². The molecular weight excluding hydrogens is 280 g/mol. The van der Waals surface area contributed by atoms with Crippen LogP contribution in [0.15, 0.2) is 24.3 Å². The number of nitrogens with zero attached hydrogens (tertiary/aromatic N) is 1. The molecule has 1 aliphatic rings. The molecule has 0 radical (unpaired) electrons. The number of carbonyl (C=O) groups excluding carboxylic acids is 2. The van der Waals surface area contributed by atoms with E-state index in [0.717, 1.165) is 18.7 Å². The number of quaternary nitrogens is 1. The van der Waals surface area contributed by atoms with Crippen LogP contribution in [0, 0.1) is 5.92 Å². The van der Waals surface area contributed by atoms with Gasteiger partial charge in [-0.05, 0) is 30.7 Å². The minimum absolute atomic E-state index is 0.118. The molecule has 1 atom stereocenters. The van der Waals surface area contributed by atoms with Gasteiger partial charge in [0.1, 0.15) is 5.75 Å². The average Bonchev–Trinajstić information content (AvgIpc) is 2.78. The number of anilines is 1. The number of hydrogen-bond acceptors (Lipinski definition) is 3. The van der Waals surface area contributed by atoms with Gasteiger partial charge in [-0.1, -0.05) is 20.8 Å². The van der Waals surface area contributed by atoms with Gasteiger partial charge in [0.2, 0.25) is 5.91 Å². The molecule has 5 heteroatoms. The van der Waals surface area contributed by atoms with E-state index < -0.39 is 0 Å². The van der Waals surface area contributed by atoms with Crippen LogP contribution in [0.2, 0.25) is 0 Å². The third-order valence-corrected chi connectivity index (χ3v) is 3.64. The lowest BCUT2D eigenvalue weighted by Crippen LogP contribution is -2.92. The van der Waals surface area contributed by atoms with Crippen LogP contribution in [0.4, 0.5) is 5.69 Å². The van der Waals surface area contributed by atoms with Gasteiger partial charge in [0.25, 0.3) is 5.91 Å². The normalized spacial score (nSPS) is 18.4. The minimum Gasteiger partial charge on any atom is -0.494 e. The van der Waals surface area contributed by atoms with Crippen molar-refractivity contribution in [2.24, 2.45) is 5.92 Å². The molecule has 0 bridgehead atoms. The standard InChI is InChI=1S/C17H24N2O3/c1-4-9-22-14-7-5-13(6-8-14)19-16(20)10-15(17(19)21)18-11-12(2)3/h5-8,12,15,18H,4,9-11H2,1-3H3/p+1/t15-/m0/s1. The first kappa shape index (κ1) is 16.5. The molecule has 1 aliphatic heterocycles. The predicted molar refractivity (Wildman–Crippen MR) is 84.8 cm³/mol. The van der Waals surface area contributed by atoms with E-state index in [-0.39, 0.29) is 24.3 Å². The first-order valence-corrected chi connectivity index (χ1v) is 7.96. The van der Waals surface area contributed by atoms with Crippen LogP contribution in [0.25, 0.3) is 0 Å². The molecule has 0 spiro atoms. The Labute approximate surface area is 131 Å². The molecule has 1 heterocycles. The van der Waals surface area contributed by atoms with Gasteiger partial charge in [-0.3, -0.25) is 9.59 Å². The number of amides is 2. The van der Waals surface area contributed by atoms with Crippen molar-refractivity contribution in [3.05, 3.63) is 24.3 Å². The van der Waals surface area contributed by atoms with Crippen molar-refractivity contribution >= 4 is 17.5 Å². The van der Waals surface area contributed by atoms with Gasteiger partial charge in [0.15, 0.2) is 6.04 Å². The van der Waals surface area contributed by atoms with E-state index in [1.807, 2.05) is 12.2 Å². The van der Waals surface area contributed by atoms with Gasteiger partial charge in [-0.25, -0.2) is 4.90 Å². The molecule has 22 heavy (non-hydrogen) atoms. The molecule has 0 aliphatic carbocycles. The number of nitrogens with two attached hydrogens (primary N) is 1. The van der Waals surface area contributed by atoms with Crippen molar-refractivity contribution in [1.29, 1.82) is 0 Å². The number of ether oxygens (including phenoxy) is 1. The van der Waals surface area contributed by atoms with Crippen LogP contribution >= 0.6 is 0 Å². The average molecular weight is 305 g/mol. The zero-order valence-electron chi connectivity index (χ0n) is 13.5. The lowest BCUT2D eigenvalue weighted by molar-refractivity contribution is -0.679. The number of carbonyl (C=O) groups is 2. The predicted octanol–water partition coefficient (Wildman–Crippen LogP) is 1.33. The van der Waals surface area contributed by atoms with Crippen LogP contribution in [0.5, 0.6) is 5.75 Å². The SMILES string of the molecule is CCCOc1ccc(N2C(=O)C[C@H]([NH2+]CC(C)C)C2=O)cc1. The van der Waals surface area contributed by atoms with Crippen molar-refractivity contribution in [3.8, 4) is 5.75 Å². The van der Waals surface area contributed by atoms with Gasteiger partial charge in [-0.15, -0.1) is 0 Å². The van der Waals surface area contributed by atoms with E-state index in [1.165, 1.54) is 4.90 Å². The molecule has 1 saturated heterocycles. The Bertz CT molecular complexity index is 525. The maximum Gasteiger partial charge on any atom is 0.292 e. The maximum atomic E-state index is 12.4. The summed E-state index contributed by atoms with van der Waals surface area (Å²) in [6.45, 7) is 7.76.